The molecule has 0 atom stereocenters. The van der Waals surface area contributed by atoms with Gasteiger partial charge in [0, 0.05) is 27.2 Å². The van der Waals surface area contributed by atoms with Gasteiger partial charge in [0.25, 0.3) is 0 Å². The molecule has 0 saturated carbocycles. The summed E-state index contributed by atoms with van der Waals surface area (Å²) in [4.78, 5) is 11.2. The van der Waals surface area contributed by atoms with Gasteiger partial charge >= 0.3 is 5.97 Å². The Bertz CT molecular complexity index is 907. The van der Waals surface area contributed by atoms with Crippen LogP contribution in [0.1, 0.15) is 16.8 Å². The van der Waals surface area contributed by atoms with Crippen molar-refractivity contribution in [2.24, 2.45) is 0 Å². The number of halogens is 1. The van der Waals surface area contributed by atoms with Crippen molar-refractivity contribution in [1.29, 1.82) is 0 Å². The molecule has 0 saturated heterocycles. The van der Waals surface area contributed by atoms with E-state index < -0.39 is 5.97 Å². The standard InChI is InChI=1S/C19H16ClNO2/c1-12(14-7-9-15(20)10-8-14)19-13(2)21(11-18(22)23)17-6-4-3-5-16(17)19/h3-10H,1,11H2,2H3,(H,22,23). The van der Waals surface area contributed by atoms with E-state index in [-0.39, 0.29) is 6.54 Å². The lowest BCUT2D eigenvalue weighted by Gasteiger charge is -2.08. The Morgan fingerprint density at radius 2 is 1.83 bits per heavy atom. The van der Waals surface area contributed by atoms with Gasteiger partial charge in [0.15, 0.2) is 0 Å². The van der Waals surface area contributed by atoms with Crippen molar-refractivity contribution in [3.8, 4) is 0 Å². The molecule has 1 aromatic heterocycles. The van der Waals surface area contributed by atoms with Crippen LogP contribution in [0.4, 0.5) is 0 Å². The van der Waals surface area contributed by atoms with Gasteiger partial charge < -0.3 is 9.67 Å². The largest absolute Gasteiger partial charge is 0.480 e. The molecule has 1 N–H and O–H groups in total. The number of para-hydroxylation sites is 1. The molecule has 3 aromatic rings. The van der Waals surface area contributed by atoms with Gasteiger partial charge in [0.05, 0.1) is 0 Å². The van der Waals surface area contributed by atoms with Crippen molar-refractivity contribution < 1.29 is 9.90 Å². The molecule has 23 heavy (non-hydrogen) atoms. The van der Waals surface area contributed by atoms with E-state index in [4.69, 9.17) is 11.6 Å². The van der Waals surface area contributed by atoms with Crippen molar-refractivity contribution in [2.45, 2.75) is 13.5 Å². The number of hydrogen-bond acceptors (Lipinski definition) is 1. The number of fused-ring (bicyclic) bond motifs is 1. The third-order valence-corrected chi connectivity index (χ3v) is 4.27. The number of hydrogen-bond donors (Lipinski definition) is 1. The van der Waals surface area contributed by atoms with Crippen LogP contribution in [0, 0.1) is 6.92 Å². The van der Waals surface area contributed by atoms with E-state index in [0.29, 0.717) is 5.02 Å². The molecule has 0 aliphatic carbocycles. The van der Waals surface area contributed by atoms with E-state index in [1.807, 2.05) is 60.0 Å². The molecule has 0 aliphatic heterocycles. The summed E-state index contributed by atoms with van der Waals surface area (Å²) in [6.45, 7) is 6.09. The molecule has 116 valence electrons. The summed E-state index contributed by atoms with van der Waals surface area (Å²) in [6.07, 6.45) is 0. The van der Waals surface area contributed by atoms with Gasteiger partial charge in [-0.05, 0) is 36.3 Å². The van der Waals surface area contributed by atoms with Crippen molar-refractivity contribution in [2.75, 3.05) is 0 Å². The van der Waals surface area contributed by atoms with Gasteiger partial charge in [-0.25, -0.2) is 0 Å². The molecule has 0 amide bonds. The van der Waals surface area contributed by atoms with Crippen LogP contribution in [0.2, 0.25) is 5.02 Å². The Morgan fingerprint density at radius 1 is 1.17 bits per heavy atom. The summed E-state index contributed by atoms with van der Waals surface area (Å²) < 4.78 is 1.81. The highest BCUT2D eigenvalue weighted by atomic mass is 35.5. The van der Waals surface area contributed by atoms with Crippen molar-refractivity contribution in [3.63, 3.8) is 0 Å². The van der Waals surface area contributed by atoms with Crippen LogP contribution < -0.4 is 0 Å². The summed E-state index contributed by atoms with van der Waals surface area (Å²) in [5.74, 6) is -0.863. The lowest BCUT2D eigenvalue weighted by molar-refractivity contribution is -0.137. The summed E-state index contributed by atoms with van der Waals surface area (Å²) in [7, 11) is 0. The van der Waals surface area contributed by atoms with E-state index >= 15 is 0 Å². The fourth-order valence-electron chi connectivity index (χ4n) is 2.95. The maximum absolute atomic E-state index is 11.2. The minimum atomic E-state index is -0.863. The first-order chi connectivity index (χ1) is 11.0. The zero-order valence-corrected chi connectivity index (χ0v) is 13.5. The molecular weight excluding hydrogens is 310 g/mol. The van der Waals surface area contributed by atoms with E-state index in [0.717, 1.165) is 33.3 Å². The predicted molar refractivity (Wildman–Crippen MR) is 93.9 cm³/mol. The maximum Gasteiger partial charge on any atom is 0.323 e. The molecule has 0 bridgehead atoms. The molecule has 0 spiro atoms. The number of nitrogens with zero attached hydrogens (tertiary/aromatic N) is 1. The maximum atomic E-state index is 11.2. The first-order valence-corrected chi connectivity index (χ1v) is 7.61. The van der Waals surface area contributed by atoms with Crippen LogP contribution >= 0.6 is 11.6 Å². The zero-order valence-electron chi connectivity index (χ0n) is 12.7. The Morgan fingerprint density at radius 3 is 2.48 bits per heavy atom. The fraction of sp³-hybridized carbons (Fsp3) is 0.105. The van der Waals surface area contributed by atoms with Crippen molar-refractivity contribution in [3.05, 3.63) is 77.0 Å². The van der Waals surface area contributed by atoms with Gasteiger partial charge in [-0.1, -0.05) is 48.5 Å². The van der Waals surface area contributed by atoms with Crippen LogP contribution in [0.5, 0.6) is 0 Å². The number of carbonyl (C=O) groups is 1. The average molecular weight is 326 g/mol. The van der Waals surface area contributed by atoms with E-state index in [9.17, 15) is 9.90 Å². The average Bonchev–Trinajstić information content (AvgIpc) is 2.80. The van der Waals surface area contributed by atoms with Crippen molar-refractivity contribution >= 4 is 34.0 Å². The fourth-order valence-corrected chi connectivity index (χ4v) is 3.07. The smallest absolute Gasteiger partial charge is 0.323 e. The predicted octanol–water partition coefficient (Wildman–Crippen LogP) is 4.75. The van der Waals surface area contributed by atoms with Crippen molar-refractivity contribution in [1.82, 2.24) is 4.57 Å². The van der Waals surface area contributed by atoms with Crippen LogP contribution in [0.25, 0.3) is 16.5 Å². The second-order valence-corrected chi connectivity index (χ2v) is 5.88. The molecule has 3 rings (SSSR count). The number of aromatic nitrogens is 1. The highest BCUT2D eigenvalue weighted by Crippen LogP contribution is 2.34. The lowest BCUT2D eigenvalue weighted by Crippen LogP contribution is -2.10. The van der Waals surface area contributed by atoms with Gasteiger partial charge in [-0.3, -0.25) is 4.79 Å². The second kappa shape index (κ2) is 5.94. The first-order valence-electron chi connectivity index (χ1n) is 7.24. The Kier molecular flexibility index (Phi) is 3.97. The second-order valence-electron chi connectivity index (χ2n) is 5.44. The highest BCUT2D eigenvalue weighted by molar-refractivity contribution is 6.30. The summed E-state index contributed by atoms with van der Waals surface area (Å²) in [5.41, 5.74) is 4.60. The third-order valence-electron chi connectivity index (χ3n) is 4.02. The number of carboxylic acids is 1. The molecular formula is C19H16ClNO2. The highest BCUT2D eigenvalue weighted by Gasteiger charge is 2.18. The quantitative estimate of drug-likeness (QED) is 0.752. The van der Waals surface area contributed by atoms with Crippen LogP contribution in [-0.2, 0) is 11.3 Å². The molecule has 4 heteroatoms. The molecule has 0 radical (unpaired) electrons. The minimum absolute atomic E-state index is 0.0692. The number of rotatable bonds is 4. The Balaban J connectivity index is 2.21. The molecule has 2 aromatic carbocycles. The van der Waals surface area contributed by atoms with E-state index in [1.165, 1.54) is 0 Å². The lowest BCUT2D eigenvalue weighted by atomic mass is 9.97. The monoisotopic (exact) mass is 325 g/mol. The summed E-state index contributed by atoms with van der Waals surface area (Å²) in [5, 5.41) is 10.9. The van der Waals surface area contributed by atoms with Crippen LogP contribution in [0.15, 0.2) is 55.1 Å². The Hall–Kier alpha value is -2.52. The first kappa shape index (κ1) is 15.4. The van der Waals surface area contributed by atoms with E-state index in [1.54, 1.807) is 0 Å². The molecule has 0 unspecified atom stereocenters. The number of aliphatic carboxylic acids is 1. The topological polar surface area (TPSA) is 42.2 Å². The third kappa shape index (κ3) is 2.76. The molecule has 0 aliphatic rings. The number of carboxylic acid groups (broad SMARTS) is 1. The van der Waals surface area contributed by atoms with Gasteiger partial charge in [0.2, 0.25) is 0 Å². The van der Waals surface area contributed by atoms with Gasteiger partial charge in [-0.15, -0.1) is 0 Å². The van der Waals surface area contributed by atoms with E-state index in [2.05, 4.69) is 6.58 Å². The number of benzene rings is 2. The van der Waals surface area contributed by atoms with Gasteiger partial charge in [0.1, 0.15) is 6.54 Å². The molecule has 3 nitrogen and oxygen atoms in total. The molecule has 1 heterocycles. The molecule has 0 fully saturated rings. The normalized spacial score (nSPS) is 10.9. The van der Waals surface area contributed by atoms with Gasteiger partial charge in [-0.2, -0.15) is 0 Å². The SMILES string of the molecule is C=C(c1ccc(Cl)cc1)c1c(C)n(CC(=O)O)c2ccccc12. The zero-order chi connectivity index (χ0) is 16.6. The summed E-state index contributed by atoms with van der Waals surface area (Å²) >= 11 is 5.95. The minimum Gasteiger partial charge on any atom is -0.480 e. The van der Waals surface area contributed by atoms with Crippen LogP contribution in [-0.4, -0.2) is 15.6 Å². The van der Waals surface area contributed by atoms with Crippen LogP contribution in [0.3, 0.4) is 0 Å². The summed E-state index contributed by atoms with van der Waals surface area (Å²) in [6, 6.07) is 15.3. The Labute approximate surface area is 139 Å².